The zero-order valence-corrected chi connectivity index (χ0v) is 11.5. The summed E-state index contributed by atoms with van der Waals surface area (Å²) in [5.74, 6) is 1.30. The number of carbonyl (C=O) groups is 1. The van der Waals surface area contributed by atoms with E-state index in [9.17, 15) is 4.79 Å². The summed E-state index contributed by atoms with van der Waals surface area (Å²) in [5.41, 5.74) is 6.64. The van der Waals surface area contributed by atoms with Crippen LogP contribution in [-0.4, -0.2) is 49.6 Å². The van der Waals surface area contributed by atoms with Crippen molar-refractivity contribution in [1.29, 1.82) is 0 Å². The van der Waals surface area contributed by atoms with Gasteiger partial charge in [-0.05, 0) is 44.1 Å². The smallest absolute Gasteiger partial charge is 0.180 e. The van der Waals surface area contributed by atoms with Gasteiger partial charge in [0, 0.05) is 12.1 Å². The van der Waals surface area contributed by atoms with E-state index in [1.54, 1.807) is 18.2 Å². The Hall–Kier alpha value is -1.59. The molecular formula is C15H20N2O3. The number of hydrogen-bond donors (Lipinski definition) is 1. The van der Waals surface area contributed by atoms with E-state index in [0.29, 0.717) is 36.8 Å². The highest BCUT2D eigenvalue weighted by Gasteiger charge is 2.22. The number of carbonyl (C=O) groups excluding carboxylic acids is 1. The lowest BCUT2D eigenvalue weighted by Crippen LogP contribution is -2.41. The molecule has 1 aromatic rings. The van der Waals surface area contributed by atoms with Crippen LogP contribution in [0.3, 0.4) is 0 Å². The van der Waals surface area contributed by atoms with Crippen molar-refractivity contribution < 1.29 is 14.3 Å². The molecule has 5 nitrogen and oxygen atoms in total. The van der Waals surface area contributed by atoms with Crippen molar-refractivity contribution in [2.45, 2.75) is 18.9 Å². The monoisotopic (exact) mass is 276 g/mol. The Bertz CT molecular complexity index is 498. The lowest BCUT2D eigenvalue weighted by atomic mass is 10.0. The van der Waals surface area contributed by atoms with Gasteiger partial charge in [0.1, 0.15) is 13.2 Å². The molecule has 1 atom stereocenters. The van der Waals surface area contributed by atoms with Crippen LogP contribution in [-0.2, 0) is 0 Å². The molecule has 0 saturated carbocycles. The van der Waals surface area contributed by atoms with Crippen LogP contribution < -0.4 is 15.2 Å². The van der Waals surface area contributed by atoms with Crippen molar-refractivity contribution in [2.24, 2.45) is 5.73 Å². The second kappa shape index (κ2) is 5.81. The van der Waals surface area contributed by atoms with Crippen LogP contribution in [0.5, 0.6) is 11.5 Å². The van der Waals surface area contributed by atoms with Gasteiger partial charge in [0.05, 0.1) is 6.04 Å². The van der Waals surface area contributed by atoms with Gasteiger partial charge in [-0.1, -0.05) is 0 Å². The van der Waals surface area contributed by atoms with E-state index in [0.717, 1.165) is 13.1 Å². The molecule has 2 N–H and O–H groups in total. The van der Waals surface area contributed by atoms with E-state index in [2.05, 4.69) is 4.90 Å². The number of likely N-dealkylation sites (tertiary alicyclic amines) is 1. The topological polar surface area (TPSA) is 64.8 Å². The third-order valence-electron chi connectivity index (χ3n) is 3.82. The molecule has 108 valence electrons. The van der Waals surface area contributed by atoms with Gasteiger partial charge in [0.2, 0.25) is 0 Å². The summed E-state index contributed by atoms with van der Waals surface area (Å²) in [5, 5.41) is 0. The Kier molecular flexibility index (Phi) is 3.89. The largest absolute Gasteiger partial charge is 0.486 e. The minimum atomic E-state index is -0.476. The summed E-state index contributed by atoms with van der Waals surface area (Å²) in [6.45, 7) is 3.79. The molecule has 20 heavy (non-hydrogen) atoms. The van der Waals surface area contributed by atoms with Gasteiger partial charge in [-0.2, -0.15) is 0 Å². The molecule has 2 aliphatic rings. The predicted molar refractivity (Wildman–Crippen MR) is 75.4 cm³/mol. The molecule has 1 unspecified atom stereocenters. The molecule has 1 aromatic carbocycles. The highest BCUT2D eigenvalue weighted by atomic mass is 16.6. The van der Waals surface area contributed by atoms with Gasteiger partial charge in [-0.25, -0.2) is 0 Å². The van der Waals surface area contributed by atoms with Crippen LogP contribution in [0.25, 0.3) is 0 Å². The zero-order chi connectivity index (χ0) is 13.9. The number of Topliss-reactive ketones (excluding diaryl/α,β-unsaturated/α-hetero) is 1. The SMILES string of the molecule is NC(CN1CCCC1)C(=O)c1ccc2c(c1)OCCO2. The highest BCUT2D eigenvalue weighted by Crippen LogP contribution is 2.31. The Balaban J connectivity index is 1.69. The molecule has 1 saturated heterocycles. The number of ketones is 1. The fourth-order valence-electron chi connectivity index (χ4n) is 2.74. The molecule has 0 aliphatic carbocycles. The van der Waals surface area contributed by atoms with Gasteiger partial charge < -0.3 is 20.1 Å². The first-order valence-electron chi connectivity index (χ1n) is 7.16. The van der Waals surface area contributed by atoms with Crippen molar-refractivity contribution in [3.63, 3.8) is 0 Å². The van der Waals surface area contributed by atoms with Crippen LogP contribution in [0, 0.1) is 0 Å². The minimum Gasteiger partial charge on any atom is -0.486 e. The molecule has 2 heterocycles. The normalized spacial score (nSPS) is 19.9. The van der Waals surface area contributed by atoms with Gasteiger partial charge in [-0.15, -0.1) is 0 Å². The number of ether oxygens (including phenoxy) is 2. The van der Waals surface area contributed by atoms with Gasteiger partial charge in [0.15, 0.2) is 17.3 Å². The molecule has 2 aliphatic heterocycles. The molecular weight excluding hydrogens is 256 g/mol. The van der Waals surface area contributed by atoms with Crippen molar-refractivity contribution in [3.8, 4) is 11.5 Å². The van der Waals surface area contributed by atoms with E-state index in [1.807, 2.05) is 0 Å². The minimum absolute atomic E-state index is 0.0335. The number of hydrogen-bond acceptors (Lipinski definition) is 5. The van der Waals surface area contributed by atoms with Crippen LogP contribution in [0.4, 0.5) is 0 Å². The van der Waals surface area contributed by atoms with Gasteiger partial charge in [0.25, 0.3) is 0 Å². The van der Waals surface area contributed by atoms with E-state index < -0.39 is 6.04 Å². The lowest BCUT2D eigenvalue weighted by molar-refractivity contribution is 0.0941. The quantitative estimate of drug-likeness (QED) is 0.833. The third-order valence-corrected chi connectivity index (χ3v) is 3.82. The van der Waals surface area contributed by atoms with Crippen molar-refractivity contribution >= 4 is 5.78 Å². The maximum Gasteiger partial charge on any atom is 0.180 e. The Labute approximate surface area is 118 Å². The number of nitrogens with zero attached hydrogens (tertiary/aromatic N) is 1. The van der Waals surface area contributed by atoms with E-state index in [1.165, 1.54) is 12.8 Å². The van der Waals surface area contributed by atoms with Crippen molar-refractivity contribution in [1.82, 2.24) is 4.90 Å². The average molecular weight is 276 g/mol. The first kappa shape index (κ1) is 13.4. The maximum absolute atomic E-state index is 12.4. The molecule has 1 fully saturated rings. The third kappa shape index (κ3) is 2.78. The number of benzene rings is 1. The molecule has 0 bridgehead atoms. The van der Waals surface area contributed by atoms with Crippen molar-refractivity contribution in [2.75, 3.05) is 32.8 Å². The highest BCUT2D eigenvalue weighted by molar-refractivity contribution is 6.00. The predicted octanol–water partition coefficient (Wildman–Crippen LogP) is 1.06. The second-order valence-electron chi connectivity index (χ2n) is 5.34. The standard InChI is InChI=1S/C15H20N2O3/c16-12(10-17-5-1-2-6-17)15(18)11-3-4-13-14(9-11)20-8-7-19-13/h3-4,9,12H,1-2,5-8,10,16H2. The second-order valence-corrected chi connectivity index (χ2v) is 5.34. The van der Waals surface area contributed by atoms with Crippen LogP contribution >= 0.6 is 0 Å². The number of nitrogens with two attached hydrogens (primary N) is 1. The summed E-state index contributed by atoms with van der Waals surface area (Å²) in [6, 6.07) is 4.81. The molecule has 0 radical (unpaired) electrons. The summed E-state index contributed by atoms with van der Waals surface area (Å²) < 4.78 is 10.9. The fourth-order valence-corrected chi connectivity index (χ4v) is 2.74. The summed E-state index contributed by atoms with van der Waals surface area (Å²) in [6.07, 6.45) is 2.40. The fraction of sp³-hybridized carbons (Fsp3) is 0.533. The molecule has 0 aromatic heterocycles. The first-order chi connectivity index (χ1) is 9.74. The van der Waals surface area contributed by atoms with Crippen LogP contribution in [0.15, 0.2) is 18.2 Å². The van der Waals surface area contributed by atoms with E-state index in [-0.39, 0.29) is 5.78 Å². The van der Waals surface area contributed by atoms with Crippen LogP contribution in [0.1, 0.15) is 23.2 Å². The lowest BCUT2D eigenvalue weighted by Gasteiger charge is -2.21. The number of rotatable bonds is 4. The van der Waals surface area contributed by atoms with Crippen molar-refractivity contribution in [3.05, 3.63) is 23.8 Å². The van der Waals surface area contributed by atoms with E-state index in [4.69, 9.17) is 15.2 Å². The summed E-state index contributed by atoms with van der Waals surface area (Å²) in [7, 11) is 0. The average Bonchev–Trinajstić information content (AvgIpc) is 2.99. The van der Waals surface area contributed by atoms with Gasteiger partial charge >= 0.3 is 0 Å². The van der Waals surface area contributed by atoms with Crippen LogP contribution in [0.2, 0.25) is 0 Å². The van der Waals surface area contributed by atoms with Gasteiger partial charge in [-0.3, -0.25) is 4.79 Å². The molecule has 0 amide bonds. The first-order valence-corrected chi connectivity index (χ1v) is 7.16. The summed E-state index contributed by atoms with van der Waals surface area (Å²) in [4.78, 5) is 14.6. The Morgan fingerprint density at radius 2 is 1.90 bits per heavy atom. The zero-order valence-electron chi connectivity index (χ0n) is 11.5. The Morgan fingerprint density at radius 3 is 2.65 bits per heavy atom. The molecule has 5 heteroatoms. The summed E-state index contributed by atoms with van der Waals surface area (Å²) >= 11 is 0. The number of fused-ring (bicyclic) bond motifs is 1. The molecule has 3 rings (SSSR count). The Morgan fingerprint density at radius 1 is 1.20 bits per heavy atom. The maximum atomic E-state index is 12.4. The molecule has 0 spiro atoms. The van der Waals surface area contributed by atoms with E-state index >= 15 is 0 Å².